The molecule has 1 heterocycles. The number of aliphatic hydroxyl groups excluding tert-OH is 1. The van der Waals surface area contributed by atoms with E-state index in [2.05, 4.69) is 9.73 Å². The van der Waals surface area contributed by atoms with E-state index < -0.39 is 0 Å². The van der Waals surface area contributed by atoms with Crippen molar-refractivity contribution in [3.63, 3.8) is 0 Å². The van der Waals surface area contributed by atoms with E-state index in [0.717, 1.165) is 6.54 Å². The monoisotopic (exact) mass is 157 g/mol. The van der Waals surface area contributed by atoms with Gasteiger partial charge in [0.15, 0.2) is 0 Å². The largest absolute Gasteiger partial charge is 0.473 e. The average Bonchev–Trinajstić information content (AvgIpc) is 2.41. The molecule has 2 N–H and O–H groups in total. The van der Waals surface area contributed by atoms with Crippen LogP contribution in [-0.4, -0.2) is 17.9 Å². The first-order valence-corrected chi connectivity index (χ1v) is 3.66. The van der Waals surface area contributed by atoms with E-state index in [0.29, 0.717) is 0 Å². The molecule has 0 radical (unpaired) electrons. The Morgan fingerprint density at radius 2 is 2.00 bits per heavy atom. The minimum absolute atomic E-state index is 0.352. The van der Waals surface area contributed by atoms with Gasteiger partial charge in [0.1, 0.15) is 6.23 Å². The summed E-state index contributed by atoms with van der Waals surface area (Å²) in [6.45, 7) is 4.48. The molecule has 11 heavy (non-hydrogen) atoms. The van der Waals surface area contributed by atoms with E-state index in [1.807, 2.05) is 19.1 Å². The van der Waals surface area contributed by atoms with Crippen molar-refractivity contribution < 1.29 is 9.52 Å². The van der Waals surface area contributed by atoms with Gasteiger partial charge in [-0.25, -0.2) is 0 Å². The molecule has 0 saturated carbocycles. The second kappa shape index (κ2) is 7.31. The maximum atomic E-state index is 8.44. The second-order valence-electron chi connectivity index (χ2n) is 2.03. The minimum Gasteiger partial charge on any atom is -0.473 e. The highest BCUT2D eigenvalue weighted by Crippen LogP contribution is 1.79. The Hall–Kier alpha value is -0.800. The van der Waals surface area contributed by atoms with Crippen LogP contribution in [0.25, 0.3) is 0 Å². The molecule has 0 aliphatic carbocycles. The summed E-state index contributed by atoms with van der Waals surface area (Å²) >= 11 is 0. The molecule has 1 aromatic heterocycles. The van der Waals surface area contributed by atoms with Crippen LogP contribution in [0, 0.1) is 0 Å². The van der Waals surface area contributed by atoms with Gasteiger partial charge in [-0.1, -0.05) is 6.92 Å². The minimum atomic E-state index is -0.352. The molecule has 1 rings (SSSR count). The summed E-state index contributed by atoms with van der Waals surface area (Å²) in [5.74, 6) is 0. The molecular weight excluding hydrogens is 142 g/mol. The fourth-order valence-corrected chi connectivity index (χ4v) is 0.522. The normalized spacial score (nSPS) is 11.5. The third kappa shape index (κ3) is 9.20. The third-order valence-electron chi connectivity index (χ3n) is 0.925. The highest BCUT2D eigenvalue weighted by atomic mass is 16.3. The fraction of sp³-hybridized carbons (Fsp3) is 0.500. The molecule has 0 aliphatic heterocycles. The standard InChI is InChI=1S/C4H11NO.C4H4O/c1-3-5-4(2)6;1-2-4-5-3-1/h4-6H,3H2,1-2H3;1-4H. The summed E-state index contributed by atoms with van der Waals surface area (Å²) in [4.78, 5) is 0. The lowest BCUT2D eigenvalue weighted by molar-refractivity contribution is 0.159. The molecule has 3 nitrogen and oxygen atoms in total. The molecule has 0 bridgehead atoms. The molecule has 0 aliphatic rings. The molecule has 1 unspecified atom stereocenters. The van der Waals surface area contributed by atoms with E-state index in [4.69, 9.17) is 5.11 Å². The molecule has 3 heteroatoms. The topological polar surface area (TPSA) is 45.4 Å². The number of hydrogen-bond donors (Lipinski definition) is 2. The molecule has 0 aromatic carbocycles. The van der Waals surface area contributed by atoms with Crippen molar-refractivity contribution >= 4 is 0 Å². The van der Waals surface area contributed by atoms with Crippen molar-refractivity contribution in [1.82, 2.24) is 5.32 Å². The van der Waals surface area contributed by atoms with Crippen LogP contribution in [0.1, 0.15) is 13.8 Å². The highest BCUT2D eigenvalue weighted by molar-refractivity contribution is 4.79. The van der Waals surface area contributed by atoms with Crippen LogP contribution < -0.4 is 5.32 Å². The maximum absolute atomic E-state index is 8.44. The zero-order chi connectivity index (χ0) is 8.53. The van der Waals surface area contributed by atoms with Crippen LogP contribution in [0.3, 0.4) is 0 Å². The summed E-state index contributed by atoms with van der Waals surface area (Å²) in [6.07, 6.45) is 2.90. The average molecular weight is 157 g/mol. The van der Waals surface area contributed by atoms with Crippen LogP contribution in [0.15, 0.2) is 29.1 Å². The first-order valence-electron chi connectivity index (χ1n) is 3.66. The van der Waals surface area contributed by atoms with Gasteiger partial charge in [-0.15, -0.1) is 0 Å². The second-order valence-corrected chi connectivity index (χ2v) is 2.03. The molecule has 0 saturated heterocycles. The summed E-state index contributed by atoms with van der Waals surface area (Å²) < 4.78 is 4.58. The van der Waals surface area contributed by atoms with Gasteiger partial charge in [0, 0.05) is 0 Å². The maximum Gasteiger partial charge on any atom is 0.102 e. The van der Waals surface area contributed by atoms with E-state index in [1.54, 1.807) is 19.5 Å². The van der Waals surface area contributed by atoms with Gasteiger partial charge >= 0.3 is 0 Å². The first kappa shape index (κ1) is 10.2. The van der Waals surface area contributed by atoms with Gasteiger partial charge in [0.25, 0.3) is 0 Å². The molecule has 1 aromatic rings. The van der Waals surface area contributed by atoms with Crippen molar-refractivity contribution in [1.29, 1.82) is 0 Å². The molecule has 0 fully saturated rings. The van der Waals surface area contributed by atoms with Crippen LogP contribution in [0.4, 0.5) is 0 Å². The van der Waals surface area contributed by atoms with Crippen LogP contribution in [-0.2, 0) is 0 Å². The summed E-state index contributed by atoms with van der Waals surface area (Å²) in [5.41, 5.74) is 0. The molecule has 0 spiro atoms. The Kier molecular flexibility index (Phi) is 6.78. The zero-order valence-corrected chi connectivity index (χ0v) is 6.95. The highest BCUT2D eigenvalue weighted by Gasteiger charge is 1.83. The molecule has 64 valence electrons. The predicted molar refractivity (Wildman–Crippen MR) is 44.1 cm³/mol. The summed E-state index contributed by atoms with van der Waals surface area (Å²) in [5, 5.41) is 11.2. The number of hydrogen-bond acceptors (Lipinski definition) is 3. The van der Waals surface area contributed by atoms with Crippen LogP contribution >= 0.6 is 0 Å². The van der Waals surface area contributed by atoms with E-state index in [-0.39, 0.29) is 6.23 Å². The quantitative estimate of drug-likeness (QED) is 0.634. The Balaban J connectivity index is 0.000000183. The van der Waals surface area contributed by atoms with Crippen molar-refractivity contribution in [2.24, 2.45) is 0 Å². The van der Waals surface area contributed by atoms with Gasteiger partial charge in [0.05, 0.1) is 12.5 Å². The smallest absolute Gasteiger partial charge is 0.102 e. The number of furan rings is 1. The molecule has 1 atom stereocenters. The van der Waals surface area contributed by atoms with E-state index in [9.17, 15) is 0 Å². The SMILES string of the molecule is CCNC(C)O.c1ccoc1. The number of nitrogens with one attached hydrogen (secondary N) is 1. The van der Waals surface area contributed by atoms with Crippen molar-refractivity contribution in [3.8, 4) is 0 Å². The summed E-state index contributed by atoms with van der Waals surface area (Å²) in [7, 11) is 0. The van der Waals surface area contributed by atoms with Crippen molar-refractivity contribution in [2.45, 2.75) is 20.1 Å². The summed E-state index contributed by atoms with van der Waals surface area (Å²) in [6, 6.07) is 3.67. The Morgan fingerprint density at radius 1 is 1.45 bits per heavy atom. The van der Waals surface area contributed by atoms with Gasteiger partial charge < -0.3 is 9.52 Å². The zero-order valence-electron chi connectivity index (χ0n) is 6.95. The lowest BCUT2D eigenvalue weighted by atomic mass is 10.6. The van der Waals surface area contributed by atoms with Gasteiger partial charge in [-0.3, -0.25) is 5.32 Å². The Bertz CT molecular complexity index is 121. The Morgan fingerprint density at radius 3 is 2.09 bits per heavy atom. The lowest BCUT2D eigenvalue weighted by Crippen LogP contribution is -2.24. The number of rotatable bonds is 2. The number of aliphatic hydroxyl groups is 1. The third-order valence-corrected chi connectivity index (χ3v) is 0.925. The first-order chi connectivity index (χ1) is 5.27. The van der Waals surface area contributed by atoms with Crippen molar-refractivity contribution in [3.05, 3.63) is 24.7 Å². The van der Waals surface area contributed by atoms with E-state index in [1.165, 1.54) is 0 Å². The van der Waals surface area contributed by atoms with Gasteiger partial charge in [0.2, 0.25) is 0 Å². The predicted octanol–water partition coefficient (Wildman–Crippen LogP) is 1.21. The Labute approximate surface area is 67.0 Å². The lowest BCUT2D eigenvalue weighted by Gasteiger charge is -2.00. The van der Waals surface area contributed by atoms with Gasteiger partial charge in [-0.05, 0) is 25.6 Å². The van der Waals surface area contributed by atoms with Crippen LogP contribution in [0.5, 0.6) is 0 Å². The van der Waals surface area contributed by atoms with Crippen LogP contribution in [0.2, 0.25) is 0 Å². The fourth-order valence-electron chi connectivity index (χ4n) is 0.522. The molecule has 0 amide bonds. The van der Waals surface area contributed by atoms with Gasteiger partial charge in [-0.2, -0.15) is 0 Å². The molecular formula is C8H15NO2. The van der Waals surface area contributed by atoms with E-state index >= 15 is 0 Å². The van der Waals surface area contributed by atoms with Crippen molar-refractivity contribution in [2.75, 3.05) is 6.54 Å².